The van der Waals surface area contributed by atoms with Crippen LogP contribution in [0.25, 0.3) is 11.8 Å². The van der Waals surface area contributed by atoms with Gasteiger partial charge in [-0.05, 0) is 34.7 Å². The highest BCUT2D eigenvalue weighted by molar-refractivity contribution is 9.10. The van der Waals surface area contributed by atoms with Crippen LogP contribution in [-0.2, 0) is 0 Å². The summed E-state index contributed by atoms with van der Waals surface area (Å²) in [6, 6.07) is 7.94. The van der Waals surface area contributed by atoms with Crippen molar-refractivity contribution in [3.63, 3.8) is 0 Å². The van der Waals surface area contributed by atoms with Crippen molar-refractivity contribution in [2.45, 2.75) is 12.8 Å². The lowest BCUT2D eigenvalue weighted by Crippen LogP contribution is -3.05. The summed E-state index contributed by atoms with van der Waals surface area (Å²) in [4.78, 5) is 1.49. The molecule has 1 N–H and O–H groups in total. The molecule has 0 atom stereocenters. The molecule has 0 unspecified atom stereocenters. The van der Waals surface area contributed by atoms with Crippen LogP contribution in [0.1, 0.15) is 18.7 Å². The molecule has 1 aliphatic heterocycles. The van der Waals surface area contributed by atoms with Crippen molar-refractivity contribution < 1.29 is 4.90 Å². The van der Waals surface area contributed by atoms with Crippen LogP contribution in [0.2, 0.25) is 0 Å². The number of aromatic nitrogens is 4. The van der Waals surface area contributed by atoms with Crippen LogP contribution >= 0.6 is 15.9 Å². The van der Waals surface area contributed by atoms with Crippen molar-refractivity contribution >= 4 is 22.0 Å². The minimum atomic E-state index is 0.765. The molecule has 1 aromatic heterocycles. The zero-order valence-electron chi connectivity index (χ0n) is 10.5. The van der Waals surface area contributed by atoms with Crippen molar-refractivity contribution in [2.75, 3.05) is 13.1 Å². The summed E-state index contributed by atoms with van der Waals surface area (Å²) in [5.74, 6) is 0.765. The summed E-state index contributed by atoms with van der Waals surface area (Å²) < 4.78 is 2.79. The van der Waals surface area contributed by atoms with Crippen LogP contribution in [0.4, 0.5) is 0 Å². The molecule has 0 bridgehead atoms. The van der Waals surface area contributed by atoms with Gasteiger partial charge >= 0.3 is 0 Å². The molecule has 0 aliphatic carbocycles. The summed E-state index contributed by atoms with van der Waals surface area (Å²) in [6.07, 6.45) is 6.77. The first kappa shape index (κ1) is 12.5. The van der Waals surface area contributed by atoms with E-state index in [4.69, 9.17) is 0 Å². The second-order valence-corrected chi connectivity index (χ2v) is 5.54. The molecular formula is C13H15BrN5+. The van der Waals surface area contributed by atoms with Crippen molar-refractivity contribution in [3.05, 3.63) is 40.8 Å². The number of tetrazole rings is 1. The van der Waals surface area contributed by atoms with Gasteiger partial charge in [0.1, 0.15) is 0 Å². The number of rotatable bonds is 3. The second kappa shape index (κ2) is 5.63. The van der Waals surface area contributed by atoms with E-state index in [9.17, 15) is 0 Å². The standard InChI is InChI=1S/C13H14BrN5/c14-11-3-5-12(6-4-11)19-13(15-16-17-19)7-10-18-8-1-2-9-18/h3-7,10H,1-2,8-9H2/p+1/b10-7+. The van der Waals surface area contributed by atoms with Crippen LogP contribution in [0, 0.1) is 0 Å². The largest absolute Gasteiger partial charge is 0.309 e. The molecule has 3 rings (SSSR count). The molecule has 19 heavy (non-hydrogen) atoms. The van der Waals surface area contributed by atoms with Gasteiger partial charge in [-0.3, -0.25) is 0 Å². The summed E-state index contributed by atoms with van der Waals surface area (Å²) >= 11 is 3.42. The predicted molar refractivity (Wildman–Crippen MR) is 75.8 cm³/mol. The Kier molecular flexibility index (Phi) is 3.70. The van der Waals surface area contributed by atoms with E-state index in [0.29, 0.717) is 0 Å². The van der Waals surface area contributed by atoms with Gasteiger partial charge in [0.25, 0.3) is 0 Å². The fourth-order valence-electron chi connectivity index (χ4n) is 2.25. The monoisotopic (exact) mass is 320 g/mol. The number of likely N-dealkylation sites (tertiary alicyclic amines) is 1. The molecule has 0 spiro atoms. The fraction of sp³-hybridized carbons (Fsp3) is 0.308. The molecule has 6 heteroatoms. The molecular weight excluding hydrogens is 306 g/mol. The first-order chi connectivity index (χ1) is 9.33. The molecule has 1 aromatic carbocycles. The molecule has 2 aromatic rings. The average Bonchev–Trinajstić information content (AvgIpc) is 3.08. The van der Waals surface area contributed by atoms with E-state index in [1.165, 1.54) is 30.8 Å². The molecule has 0 radical (unpaired) electrons. The van der Waals surface area contributed by atoms with E-state index in [2.05, 4.69) is 37.7 Å². The van der Waals surface area contributed by atoms with Crippen molar-refractivity contribution in [1.82, 2.24) is 20.2 Å². The normalized spacial score (nSPS) is 16.5. The van der Waals surface area contributed by atoms with Crippen LogP contribution in [0.15, 0.2) is 34.9 Å². The minimum absolute atomic E-state index is 0.765. The van der Waals surface area contributed by atoms with E-state index in [0.717, 1.165) is 16.0 Å². The van der Waals surface area contributed by atoms with Crippen LogP contribution in [0.5, 0.6) is 0 Å². The van der Waals surface area contributed by atoms with Gasteiger partial charge in [0, 0.05) is 23.4 Å². The maximum Gasteiger partial charge on any atom is 0.185 e. The number of halogens is 1. The Morgan fingerprint density at radius 2 is 1.89 bits per heavy atom. The molecule has 1 saturated heterocycles. The van der Waals surface area contributed by atoms with E-state index >= 15 is 0 Å². The molecule has 0 amide bonds. The topological polar surface area (TPSA) is 48.0 Å². The predicted octanol–water partition coefficient (Wildman–Crippen LogP) is 1.07. The third kappa shape index (κ3) is 2.90. The Morgan fingerprint density at radius 3 is 2.63 bits per heavy atom. The molecule has 2 heterocycles. The average molecular weight is 321 g/mol. The van der Waals surface area contributed by atoms with Gasteiger partial charge < -0.3 is 4.90 Å². The summed E-state index contributed by atoms with van der Waals surface area (Å²) in [7, 11) is 0. The highest BCUT2D eigenvalue weighted by atomic mass is 79.9. The summed E-state index contributed by atoms with van der Waals surface area (Å²) in [5, 5.41) is 11.9. The van der Waals surface area contributed by atoms with Gasteiger partial charge in [0.05, 0.1) is 25.0 Å². The Morgan fingerprint density at radius 1 is 1.16 bits per heavy atom. The summed E-state index contributed by atoms with van der Waals surface area (Å²) in [6.45, 7) is 2.41. The van der Waals surface area contributed by atoms with Crippen LogP contribution in [0.3, 0.4) is 0 Å². The van der Waals surface area contributed by atoms with Gasteiger partial charge in [-0.15, -0.1) is 5.10 Å². The van der Waals surface area contributed by atoms with Gasteiger partial charge in [0.2, 0.25) is 0 Å². The van der Waals surface area contributed by atoms with Gasteiger partial charge in [-0.25, -0.2) is 0 Å². The Balaban J connectivity index is 1.83. The van der Waals surface area contributed by atoms with E-state index in [1.807, 2.05) is 30.3 Å². The molecule has 0 saturated carbocycles. The van der Waals surface area contributed by atoms with Gasteiger partial charge in [-0.2, -0.15) is 4.68 Å². The summed E-state index contributed by atoms with van der Waals surface area (Å²) in [5.41, 5.74) is 0.962. The lowest BCUT2D eigenvalue weighted by molar-refractivity contribution is -0.831. The maximum absolute atomic E-state index is 4.07. The Bertz CT molecular complexity index is 569. The van der Waals surface area contributed by atoms with Crippen molar-refractivity contribution in [1.29, 1.82) is 0 Å². The number of nitrogens with zero attached hydrogens (tertiary/aromatic N) is 4. The number of nitrogens with one attached hydrogen (secondary N) is 1. The molecule has 5 nitrogen and oxygen atoms in total. The van der Waals surface area contributed by atoms with Gasteiger partial charge in [0.15, 0.2) is 5.82 Å². The Hall–Kier alpha value is -1.53. The Labute approximate surface area is 120 Å². The van der Waals surface area contributed by atoms with E-state index in [-0.39, 0.29) is 0 Å². The molecule has 98 valence electrons. The number of hydrogen-bond donors (Lipinski definition) is 1. The third-order valence-corrected chi connectivity index (χ3v) is 3.81. The highest BCUT2D eigenvalue weighted by Gasteiger charge is 2.13. The first-order valence-electron chi connectivity index (χ1n) is 6.40. The van der Waals surface area contributed by atoms with E-state index in [1.54, 1.807) is 4.68 Å². The SMILES string of the molecule is Brc1ccc(-n2nnnc2/C=C/[NH+]2CCCC2)cc1. The highest BCUT2D eigenvalue weighted by Crippen LogP contribution is 2.14. The van der Waals surface area contributed by atoms with E-state index < -0.39 is 0 Å². The lowest BCUT2D eigenvalue weighted by atomic mass is 10.3. The third-order valence-electron chi connectivity index (χ3n) is 3.28. The first-order valence-corrected chi connectivity index (χ1v) is 7.19. The minimum Gasteiger partial charge on any atom is -0.309 e. The number of benzene rings is 1. The quantitative estimate of drug-likeness (QED) is 0.920. The fourth-order valence-corrected chi connectivity index (χ4v) is 2.52. The zero-order chi connectivity index (χ0) is 13.1. The van der Waals surface area contributed by atoms with Crippen LogP contribution < -0.4 is 4.90 Å². The lowest BCUT2D eigenvalue weighted by Gasteiger charge is -2.04. The van der Waals surface area contributed by atoms with Crippen LogP contribution in [-0.4, -0.2) is 33.3 Å². The molecule has 1 fully saturated rings. The van der Waals surface area contributed by atoms with Crippen molar-refractivity contribution in [2.24, 2.45) is 0 Å². The smallest absolute Gasteiger partial charge is 0.185 e. The maximum atomic E-state index is 4.07. The second-order valence-electron chi connectivity index (χ2n) is 4.62. The zero-order valence-corrected chi connectivity index (χ0v) is 12.0. The molecule has 1 aliphatic rings. The van der Waals surface area contributed by atoms with Crippen molar-refractivity contribution in [3.8, 4) is 5.69 Å². The number of quaternary nitrogens is 1. The van der Waals surface area contributed by atoms with Gasteiger partial charge in [-0.1, -0.05) is 15.9 Å². The number of hydrogen-bond acceptors (Lipinski definition) is 3.